The van der Waals surface area contributed by atoms with Crippen LogP contribution < -0.4 is 10.6 Å². The number of pyridine rings is 1. The molecule has 0 aliphatic carbocycles. The molecule has 0 spiro atoms. The van der Waals surface area contributed by atoms with Crippen LogP contribution in [0.25, 0.3) is 5.65 Å². The molecule has 0 bridgehead atoms. The lowest BCUT2D eigenvalue weighted by Crippen LogP contribution is -2.49. The molecule has 6 nitrogen and oxygen atoms in total. The van der Waals surface area contributed by atoms with Gasteiger partial charge in [0, 0.05) is 25.0 Å². The summed E-state index contributed by atoms with van der Waals surface area (Å²) >= 11 is 5.99. The summed E-state index contributed by atoms with van der Waals surface area (Å²) < 4.78 is 1.87. The first-order valence-corrected chi connectivity index (χ1v) is 10.3. The summed E-state index contributed by atoms with van der Waals surface area (Å²) in [5.74, 6) is 0.506. The van der Waals surface area contributed by atoms with Crippen molar-refractivity contribution in [2.75, 3.05) is 19.6 Å². The van der Waals surface area contributed by atoms with Crippen molar-refractivity contribution in [3.63, 3.8) is 0 Å². The zero-order valence-electron chi connectivity index (χ0n) is 16.2. The van der Waals surface area contributed by atoms with E-state index in [1.807, 2.05) is 28.9 Å². The van der Waals surface area contributed by atoms with Gasteiger partial charge in [-0.3, -0.25) is 4.90 Å². The van der Waals surface area contributed by atoms with Crippen LogP contribution >= 0.6 is 11.6 Å². The Kier molecular flexibility index (Phi) is 6.96. The van der Waals surface area contributed by atoms with Crippen LogP contribution in [0.4, 0.5) is 4.79 Å². The zero-order valence-corrected chi connectivity index (χ0v) is 17.0. The van der Waals surface area contributed by atoms with E-state index < -0.39 is 0 Å². The van der Waals surface area contributed by atoms with Crippen LogP contribution in [0, 0.1) is 5.92 Å². The second kappa shape index (κ2) is 9.42. The number of imidazole rings is 1. The number of urea groups is 1. The number of halogens is 1. The minimum absolute atomic E-state index is 0.148. The fraction of sp³-hybridized carbons (Fsp3) is 0.600. The number of aromatic nitrogens is 2. The maximum absolute atomic E-state index is 12.3. The van der Waals surface area contributed by atoms with Crippen molar-refractivity contribution >= 4 is 23.3 Å². The van der Waals surface area contributed by atoms with Crippen molar-refractivity contribution in [3.05, 3.63) is 35.2 Å². The van der Waals surface area contributed by atoms with Gasteiger partial charge in [0.1, 0.15) is 5.65 Å². The lowest BCUT2D eigenvalue weighted by atomic mass is 10.0. The summed E-state index contributed by atoms with van der Waals surface area (Å²) in [5.41, 5.74) is 1.62. The van der Waals surface area contributed by atoms with E-state index >= 15 is 0 Å². The van der Waals surface area contributed by atoms with Crippen molar-refractivity contribution in [1.29, 1.82) is 0 Å². The smallest absolute Gasteiger partial charge is 0.315 e. The van der Waals surface area contributed by atoms with Crippen LogP contribution in [-0.2, 0) is 6.54 Å². The number of fused-ring (bicyclic) bond motifs is 1. The second-order valence-corrected chi connectivity index (χ2v) is 8.11. The molecular formula is C20H30ClN5O. The monoisotopic (exact) mass is 391 g/mol. The number of hydrogen-bond acceptors (Lipinski definition) is 3. The number of amides is 2. The van der Waals surface area contributed by atoms with E-state index in [9.17, 15) is 4.79 Å². The van der Waals surface area contributed by atoms with Crippen molar-refractivity contribution in [3.8, 4) is 0 Å². The van der Waals surface area contributed by atoms with Crippen LogP contribution in [0.15, 0.2) is 24.5 Å². The molecule has 2 amide bonds. The van der Waals surface area contributed by atoms with Gasteiger partial charge >= 0.3 is 6.03 Å². The van der Waals surface area contributed by atoms with Gasteiger partial charge in [-0.15, -0.1) is 0 Å². The van der Waals surface area contributed by atoms with Gasteiger partial charge in [0.15, 0.2) is 0 Å². The van der Waals surface area contributed by atoms with Crippen molar-refractivity contribution < 1.29 is 4.79 Å². The molecule has 148 valence electrons. The number of likely N-dealkylation sites (tertiary alicyclic amines) is 1. The number of nitrogens with one attached hydrogen (secondary N) is 2. The molecular weight excluding hydrogens is 362 g/mol. The third-order valence-corrected chi connectivity index (χ3v) is 5.47. The molecule has 2 aromatic heterocycles. The van der Waals surface area contributed by atoms with Crippen LogP contribution in [0.5, 0.6) is 0 Å². The molecule has 1 saturated heterocycles. The molecule has 0 saturated carbocycles. The molecule has 1 unspecified atom stereocenters. The molecule has 2 aromatic rings. The minimum Gasteiger partial charge on any atom is -0.337 e. The summed E-state index contributed by atoms with van der Waals surface area (Å²) in [6.45, 7) is 7.80. The Bertz CT molecular complexity index is 752. The topological polar surface area (TPSA) is 61.7 Å². The van der Waals surface area contributed by atoms with Gasteiger partial charge < -0.3 is 15.0 Å². The predicted octanol–water partition coefficient (Wildman–Crippen LogP) is 3.69. The predicted molar refractivity (Wildman–Crippen MR) is 109 cm³/mol. The molecule has 1 aliphatic heterocycles. The lowest BCUT2D eigenvalue weighted by molar-refractivity contribution is 0.157. The average molecular weight is 392 g/mol. The van der Waals surface area contributed by atoms with Gasteiger partial charge in [-0.1, -0.05) is 38.3 Å². The van der Waals surface area contributed by atoms with E-state index in [1.54, 1.807) is 0 Å². The quantitative estimate of drug-likeness (QED) is 0.789. The second-order valence-electron chi connectivity index (χ2n) is 7.67. The van der Waals surface area contributed by atoms with E-state index in [2.05, 4.69) is 34.4 Å². The number of carbonyl (C=O) groups is 1. The maximum atomic E-state index is 12.3. The first-order chi connectivity index (χ1) is 13.0. The molecule has 0 aromatic carbocycles. The first kappa shape index (κ1) is 20.0. The van der Waals surface area contributed by atoms with Crippen LogP contribution in [0.3, 0.4) is 0 Å². The third-order valence-electron chi connectivity index (χ3n) is 5.25. The van der Waals surface area contributed by atoms with Gasteiger partial charge in [0.25, 0.3) is 0 Å². The highest BCUT2D eigenvalue weighted by Gasteiger charge is 2.23. The van der Waals surface area contributed by atoms with E-state index in [0.717, 1.165) is 24.4 Å². The van der Waals surface area contributed by atoms with Crippen LogP contribution in [-0.4, -0.2) is 46.0 Å². The molecule has 27 heavy (non-hydrogen) atoms. The van der Waals surface area contributed by atoms with Gasteiger partial charge in [0.2, 0.25) is 0 Å². The van der Waals surface area contributed by atoms with Crippen molar-refractivity contribution in [2.24, 2.45) is 5.92 Å². The fourth-order valence-corrected chi connectivity index (χ4v) is 3.91. The highest BCUT2D eigenvalue weighted by atomic mass is 35.5. The normalized spacial score (nSPS) is 17.0. The standard InChI is InChI=1S/C20H30ClN5O/c1-15(2)18(25-9-5-3-4-6-10-25)12-23-20(27)22-11-17-14-26-13-16(21)7-8-19(26)24-17/h7-8,13-15,18H,3-6,9-12H2,1-2H3,(H2,22,23,27). The number of rotatable bonds is 6. The summed E-state index contributed by atoms with van der Waals surface area (Å²) in [5, 5.41) is 6.61. The van der Waals surface area contributed by atoms with Gasteiger partial charge in [-0.25, -0.2) is 9.78 Å². The van der Waals surface area contributed by atoms with E-state index in [0.29, 0.717) is 30.1 Å². The van der Waals surface area contributed by atoms with Crippen molar-refractivity contribution in [1.82, 2.24) is 24.9 Å². The van der Waals surface area contributed by atoms with Gasteiger partial charge in [-0.05, 0) is 44.0 Å². The lowest BCUT2D eigenvalue weighted by Gasteiger charge is -2.33. The summed E-state index contributed by atoms with van der Waals surface area (Å²) in [6.07, 6.45) is 8.84. The molecule has 3 rings (SSSR count). The molecule has 7 heteroatoms. The molecule has 0 radical (unpaired) electrons. The summed E-state index contributed by atoms with van der Waals surface area (Å²) in [6, 6.07) is 3.90. The Morgan fingerprint density at radius 3 is 2.59 bits per heavy atom. The van der Waals surface area contributed by atoms with Crippen LogP contribution in [0.1, 0.15) is 45.2 Å². The number of nitrogens with zero attached hydrogens (tertiary/aromatic N) is 3. The van der Waals surface area contributed by atoms with E-state index in [4.69, 9.17) is 11.6 Å². The minimum atomic E-state index is -0.148. The summed E-state index contributed by atoms with van der Waals surface area (Å²) in [4.78, 5) is 19.3. The SMILES string of the molecule is CC(C)C(CNC(=O)NCc1cn2cc(Cl)ccc2n1)N1CCCCCC1. The number of carbonyl (C=O) groups excluding carboxylic acids is 1. The largest absolute Gasteiger partial charge is 0.337 e. The van der Waals surface area contributed by atoms with Crippen molar-refractivity contribution in [2.45, 2.75) is 52.1 Å². The third kappa shape index (κ3) is 5.59. The Balaban J connectivity index is 1.49. The Hall–Kier alpha value is -1.79. The number of hydrogen-bond donors (Lipinski definition) is 2. The fourth-order valence-electron chi connectivity index (χ4n) is 3.75. The first-order valence-electron chi connectivity index (χ1n) is 9.92. The highest BCUT2D eigenvalue weighted by molar-refractivity contribution is 6.30. The Labute approximate surface area is 166 Å². The average Bonchev–Trinajstić information content (AvgIpc) is 2.84. The molecule has 2 N–H and O–H groups in total. The highest BCUT2D eigenvalue weighted by Crippen LogP contribution is 2.17. The zero-order chi connectivity index (χ0) is 19.2. The molecule has 3 heterocycles. The summed E-state index contributed by atoms with van der Waals surface area (Å²) in [7, 11) is 0. The van der Waals surface area contributed by atoms with Crippen LogP contribution in [0.2, 0.25) is 5.02 Å². The Morgan fingerprint density at radius 1 is 1.15 bits per heavy atom. The maximum Gasteiger partial charge on any atom is 0.315 e. The van der Waals surface area contributed by atoms with Gasteiger partial charge in [-0.2, -0.15) is 0 Å². The molecule has 1 aliphatic rings. The molecule has 1 fully saturated rings. The molecule has 1 atom stereocenters. The Morgan fingerprint density at radius 2 is 1.89 bits per heavy atom. The van der Waals surface area contributed by atoms with E-state index in [-0.39, 0.29) is 6.03 Å². The van der Waals surface area contributed by atoms with Gasteiger partial charge in [0.05, 0.1) is 17.3 Å². The van der Waals surface area contributed by atoms with E-state index in [1.165, 1.54) is 25.7 Å².